The third-order valence-electron chi connectivity index (χ3n) is 3.85. The summed E-state index contributed by atoms with van der Waals surface area (Å²) < 4.78 is 12.7. The van der Waals surface area contributed by atoms with Gasteiger partial charge in [0, 0.05) is 6.54 Å². The van der Waals surface area contributed by atoms with Crippen molar-refractivity contribution < 1.29 is 19.1 Å². The van der Waals surface area contributed by atoms with Gasteiger partial charge in [0.25, 0.3) is 0 Å². The summed E-state index contributed by atoms with van der Waals surface area (Å²) in [5.74, 6) is -1.41. The van der Waals surface area contributed by atoms with Gasteiger partial charge in [-0.3, -0.25) is 14.9 Å². The van der Waals surface area contributed by atoms with Crippen LogP contribution in [-0.4, -0.2) is 35.6 Å². The molecule has 0 bridgehead atoms. The molecule has 21 heavy (non-hydrogen) atoms. The molecule has 0 heterocycles. The predicted molar refractivity (Wildman–Crippen MR) is 75.3 cm³/mol. The number of carboxylic acids is 1. The number of halogens is 1. The number of rotatable bonds is 7. The lowest BCUT2D eigenvalue weighted by Gasteiger charge is -2.38. The molecule has 1 aliphatic carbocycles. The Morgan fingerprint density at radius 2 is 1.90 bits per heavy atom. The van der Waals surface area contributed by atoms with E-state index >= 15 is 0 Å². The zero-order chi connectivity index (χ0) is 15.3. The molecule has 114 valence electrons. The van der Waals surface area contributed by atoms with Crippen LogP contribution < -0.4 is 10.6 Å². The topological polar surface area (TPSA) is 78.4 Å². The lowest BCUT2D eigenvalue weighted by molar-refractivity contribution is -0.148. The first kappa shape index (κ1) is 15.4. The van der Waals surface area contributed by atoms with Crippen molar-refractivity contribution in [2.45, 2.75) is 31.2 Å². The van der Waals surface area contributed by atoms with Crippen molar-refractivity contribution in [3.8, 4) is 0 Å². The van der Waals surface area contributed by atoms with Crippen LogP contribution >= 0.6 is 0 Å². The highest BCUT2D eigenvalue weighted by Crippen LogP contribution is 2.31. The van der Waals surface area contributed by atoms with Gasteiger partial charge in [0.1, 0.15) is 11.4 Å². The van der Waals surface area contributed by atoms with E-state index in [0.29, 0.717) is 25.8 Å². The molecule has 1 aromatic rings. The Morgan fingerprint density at radius 1 is 1.24 bits per heavy atom. The fraction of sp³-hybridized carbons (Fsp3) is 0.467. The quantitative estimate of drug-likeness (QED) is 0.703. The summed E-state index contributed by atoms with van der Waals surface area (Å²) in [6.45, 7) is 0.432. The summed E-state index contributed by atoms with van der Waals surface area (Å²) in [4.78, 5) is 22.8. The van der Waals surface area contributed by atoms with Crippen LogP contribution in [0.3, 0.4) is 0 Å². The highest BCUT2D eigenvalue weighted by Gasteiger charge is 2.44. The Hall–Kier alpha value is -1.95. The van der Waals surface area contributed by atoms with Gasteiger partial charge in [0.05, 0.1) is 6.54 Å². The number of hydrogen-bond donors (Lipinski definition) is 3. The predicted octanol–water partition coefficient (Wildman–Crippen LogP) is 1.08. The number of nitrogens with one attached hydrogen (secondary N) is 2. The second-order valence-electron chi connectivity index (χ2n) is 5.32. The zero-order valence-electron chi connectivity index (χ0n) is 11.7. The number of amides is 1. The van der Waals surface area contributed by atoms with Crippen LogP contribution in [0.25, 0.3) is 0 Å². The monoisotopic (exact) mass is 294 g/mol. The molecule has 0 aromatic heterocycles. The van der Waals surface area contributed by atoms with Gasteiger partial charge in [0.15, 0.2) is 0 Å². The lowest BCUT2D eigenvalue weighted by Crippen LogP contribution is -2.59. The zero-order valence-corrected chi connectivity index (χ0v) is 11.7. The Balaban J connectivity index is 1.68. The van der Waals surface area contributed by atoms with Crippen LogP contribution in [0, 0.1) is 5.82 Å². The van der Waals surface area contributed by atoms with Gasteiger partial charge >= 0.3 is 5.97 Å². The molecule has 6 heteroatoms. The minimum Gasteiger partial charge on any atom is -0.480 e. The molecule has 1 aromatic carbocycles. The maximum absolute atomic E-state index is 12.7. The number of carbonyl (C=O) groups is 2. The fourth-order valence-electron chi connectivity index (χ4n) is 2.31. The minimum absolute atomic E-state index is 0.00425. The average molecular weight is 294 g/mol. The molecule has 1 fully saturated rings. The maximum Gasteiger partial charge on any atom is 0.323 e. The summed E-state index contributed by atoms with van der Waals surface area (Å²) in [6.07, 6.45) is 2.60. The molecule has 1 saturated carbocycles. The molecule has 0 radical (unpaired) electrons. The molecule has 0 aliphatic heterocycles. The van der Waals surface area contributed by atoms with Crippen molar-refractivity contribution in [2.75, 3.05) is 13.1 Å². The molecule has 0 saturated heterocycles. The molecule has 0 unspecified atom stereocenters. The molecule has 2 rings (SSSR count). The van der Waals surface area contributed by atoms with Gasteiger partial charge in [-0.1, -0.05) is 12.1 Å². The lowest BCUT2D eigenvalue weighted by atomic mass is 9.77. The SMILES string of the molecule is O=C(CNC1(C(=O)O)CCC1)NCCc1ccc(F)cc1. The van der Waals surface area contributed by atoms with E-state index in [1.807, 2.05) is 0 Å². The molecule has 0 spiro atoms. The van der Waals surface area contributed by atoms with Crippen molar-refractivity contribution in [1.82, 2.24) is 10.6 Å². The number of carbonyl (C=O) groups excluding carboxylic acids is 1. The molecule has 5 nitrogen and oxygen atoms in total. The smallest absolute Gasteiger partial charge is 0.323 e. The van der Waals surface area contributed by atoms with Gasteiger partial charge in [-0.2, -0.15) is 0 Å². The van der Waals surface area contributed by atoms with Crippen LogP contribution in [0.2, 0.25) is 0 Å². The van der Waals surface area contributed by atoms with E-state index in [0.717, 1.165) is 12.0 Å². The molecular formula is C15H19FN2O3. The second-order valence-corrected chi connectivity index (χ2v) is 5.32. The number of carboxylic acid groups (broad SMARTS) is 1. The maximum atomic E-state index is 12.7. The summed E-state index contributed by atoms with van der Waals surface area (Å²) in [5.41, 5.74) is 0.0135. The highest BCUT2D eigenvalue weighted by atomic mass is 19.1. The molecule has 1 aliphatic rings. The van der Waals surface area contributed by atoms with Crippen molar-refractivity contribution >= 4 is 11.9 Å². The van der Waals surface area contributed by atoms with Crippen LogP contribution in [0.4, 0.5) is 4.39 Å². The molecule has 0 atom stereocenters. The third-order valence-corrected chi connectivity index (χ3v) is 3.85. The molecule has 1 amide bonds. The van der Waals surface area contributed by atoms with Crippen molar-refractivity contribution in [1.29, 1.82) is 0 Å². The molecule has 3 N–H and O–H groups in total. The Kier molecular flexibility index (Phi) is 4.90. The summed E-state index contributed by atoms with van der Waals surface area (Å²) >= 11 is 0. The summed E-state index contributed by atoms with van der Waals surface area (Å²) in [6, 6.07) is 6.11. The first-order chi connectivity index (χ1) is 10.0. The largest absolute Gasteiger partial charge is 0.480 e. The van der Waals surface area contributed by atoms with E-state index in [1.54, 1.807) is 12.1 Å². The Bertz CT molecular complexity index is 512. The van der Waals surface area contributed by atoms with Gasteiger partial charge < -0.3 is 10.4 Å². The number of benzene rings is 1. The summed E-state index contributed by atoms with van der Waals surface area (Å²) in [7, 11) is 0. The van der Waals surface area contributed by atoms with Crippen LogP contribution in [0.15, 0.2) is 24.3 Å². The van der Waals surface area contributed by atoms with E-state index < -0.39 is 11.5 Å². The van der Waals surface area contributed by atoms with E-state index in [4.69, 9.17) is 5.11 Å². The molecular weight excluding hydrogens is 275 g/mol. The summed E-state index contributed by atoms with van der Waals surface area (Å²) in [5, 5.41) is 14.7. The van der Waals surface area contributed by atoms with Crippen LogP contribution in [0.5, 0.6) is 0 Å². The second kappa shape index (κ2) is 6.67. The van der Waals surface area contributed by atoms with Crippen molar-refractivity contribution in [2.24, 2.45) is 0 Å². The average Bonchev–Trinajstić information content (AvgIpc) is 2.39. The fourth-order valence-corrected chi connectivity index (χ4v) is 2.31. The van der Waals surface area contributed by atoms with Gasteiger partial charge in [-0.15, -0.1) is 0 Å². The van der Waals surface area contributed by atoms with Gasteiger partial charge in [0.2, 0.25) is 5.91 Å². The first-order valence-corrected chi connectivity index (χ1v) is 7.01. The van der Waals surface area contributed by atoms with E-state index in [-0.39, 0.29) is 18.3 Å². The van der Waals surface area contributed by atoms with E-state index in [1.165, 1.54) is 12.1 Å². The third kappa shape index (κ3) is 4.01. The van der Waals surface area contributed by atoms with Crippen molar-refractivity contribution in [3.63, 3.8) is 0 Å². The van der Waals surface area contributed by atoms with Gasteiger partial charge in [-0.05, 0) is 43.4 Å². The minimum atomic E-state index is -0.922. The Labute approximate surface area is 122 Å². The first-order valence-electron chi connectivity index (χ1n) is 7.01. The van der Waals surface area contributed by atoms with Crippen LogP contribution in [-0.2, 0) is 16.0 Å². The number of hydrogen-bond acceptors (Lipinski definition) is 3. The van der Waals surface area contributed by atoms with E-state index in [2.05, 4.69) is 10.6 Å². The van der Waals surface area contributed by atoms with Crippen LogP contribution in [0.1, 0.15) is 24.8 Å². The Morgan fingerprint density at radius 3 is 2.43 bits per heavy atom. The highest BCUT2D eigenvalue weighted by molar-refractivity contribution is 5.82. The normalized spacial score (nSPS) is 16.0. The standard InChI is InChI=1S/C15H19FN2O3/c16-12-4-2-11(3-5-12)6-9-17-13(19)10-18-15(14(20)21)7-1-8-15/h2-5,18H,1,6-10H2,(H,17,19)(H,20,21). The van der Waals surface area contributed by atoms with E-state index in [9.17, 15) is 14.0 Å². The van der Waals surface area contributed by atoms with Gasteiger partial charge in [-0.25, -0.2) is 4.39 Å². The van der Waals surface area contributed by atoms with Crippen molar-refractivity contribution in [3.05, 3.63) is 35.6 Å². The number of aliphatic carboxylic acids is 1.